The maximum absolute atomic E-state index is 9.80. The van der Waals surface area contributed by atoms with Gasteiger partial charge >= 0.3 is 0 Å². The molecule has 5 unspecified atom stereocenters. The van der Waals surface area contributed by atoms with E-state index in [2.05, 4.69) is 25.3 Å². The van der Waals surface area contributed by atoms with Crippen molar-refractivity contribution >= 4 is 24.3 Å². The van der Waals surface area contributed by atoms with E-state index in [0.717, 1.165) is 0 Å². The molecule has 102 valence electrons. The molecule has 19 heavy (non-hydrogen) atoms. The molecule has 1 fully saturated rings. The van der Waals surface area contributed by atoms with Crippen LogP contribution in [0.25, 0.3) is 0 Å². The molecule has 9 nitrogen and oxygen atoms in total. The lowest BCUT2D eigenvalue weighted by atomic mass is 10.1. The number of nitrogens with zero attached hydrogens (tertiary/aromatic N) is 4. The van der Waals surface area contributed by atoms with E-state index >= 15 is 0 Å². The predicted octanol–water partition coefficient (Wildman–Crippen LogP) is -2.74. The van der Waals surface area contributed by atoms with Gasteiger partial charge < -0.3 is 25.4 Å². The van der Waals surface area contributed by atoms with Gasteiger partial charge in [0.15, 0.2) is 18.1 Å². The molecule has 0 radical (unpaired) electrons. The molecule has 3 aliphatic rings. The van der Waals surface area contributed by atoms with Crippen molar-refractivity contribution in [2.24, 2.45) is 20.0 Å². The topological polar surface area (TPSA) is 131 Å². The summed E-state index contributed by atoms with van der Waals surface area (Å²) in [6, 6.07) is -0.439. The van der Waals surface area contributed by atoms with Crippen LogP contribution < -0.4 is 5.32 Å². The Labute approximate surface area is 108 Å². The van der Waals surface area contributed by atoms with Gasteiger partial charge in [0.2, 0.25) is 0 Å². The van der Waals surface area contributed by atoms with Crippen molar-refractivity contribution in [1.29, 1.82) is 0 Å². The molecular formula is C10H13N5O4. The van der Waals surface area contributed by atoms with Gasteiger partial charge in [0.1, 0.15) is 30.5 Å². The normalized spacial score (nSPS) is 42.4. The SMILES string of the molecule is OCC1OC(/N=C2\N=CNC3=NC=NC32)C(O)C1O. The van der Waals surface area contributed by atoms with E-state index in [1.54, 1.807) is 0 Å². The summed E-state index contributed by atoms with van der Waals surface area (Å²) in [6.07, 6.45) is -1.39. The number of amidine groups is 2. The Morgan fingerprint density at radius 1 is 1.37 bits per heavy atom. The molecule has 0 aromatic rings. The maximum Gasteiger partial charge on any atom is 0.179 e. The number of aliphatic hydroxyl groups excluding tert-OH is 3. The molecule has 3 aliphatic heterocycles. The quantitative estimate of drug-likeness (QED) is 0.431. The monoisotopic (exact) mass is 267 g/mol. The van der Waals surface area contributed by atoms with Crippen LogP contribution in [0.3, 0.4) is 0 Å². The highest BCUT2D eigenvalue weighted by atomic mass is 16.6. The molecule has 0 saturated carbocycles. The van der Waals surface area contributed by atoms with E-state index in [9.17, 15) is 10.2 Å². The average Bonchev–Trinajstić information content (AvgIpc) is 2.99. The summed E-state index contributed by atoms with van der Waals surface area (Å²) in [5, 5.41) is 31.3. The first-order valence-corrected chi connectivity index (χ1v) is 5.79. The number of nitrogens with one attached hydrogen (secondary N) is 1. The lowest BCUT2D eigenvalue weighted by molar-refractivity contribution is -0.0194. The van der Waals surface area contributed by atoms with Crippen molar-refractivity contribution in [3.8, 4) is 0 Å². The van der Waals surface area contributed by atoms with Crippen LogP contribution in [0, 0.1) is 0 Å². The van der Waals surface area contributed by atoms with Crippen molar-refractivity contribution in [2.75, 3.05) is 6.61 Å². The first-order valence-electron chi connectivity index (χ1n) is 5.79. The average molecular weight is 267 g/mol. The molecule has 0 aliphatic carbocycles. The standard InChI is InChI=1S/C10H13N5O4/c16-1-4-6(17)7(18)10(19-4)15-9-5-8(12-2-11-5)13-3-14-9/h2-7,10,16-18H,1H2,(H,11,12,13,14,15). The van der Waals surface area contributed by atoms with Crippen molar-refractivity contribution in [3.05, 3.63) is 0 Å². The van der Waals surface area contributed by atoms with Gasteiger partial charge in [0, 0.05) is 0 Å². The van der Waals surface area contributed by atoms with E-state index in [-0.39, 0.29) is 0 Å². The zero-order valence-corrected chi connectivity index (χ0v) is 9.79. The molecule has 1 saturated heterocycles. The van der Waals surface area contributed by atoms with Crippen LogP contribution in [-0.4, -0.2) is 76.9 Å². The van der Waals surface area contributed by atoms with Crippen LogP contribution in [0.5, 0.6) is 0 Å². The summed E-state index contributed by atoms with van der Waals surface area (Å²) in [5.74, 6) is 0.932. The first-order chi connectivity index (χ1) is 9.20. The van der Waals surface area contributed by atoms with Crippen LogP contribution in [0.1, 0.15) is 0 Å². The van der Waals surface area contributed by atoms with E-state index in [1.165, 1.54) is 12.7 Å². The molecule has 5 atom stereocenters. The molecule has 0 aromatic heterocycles. The van der Waals surface area contributed by atoms with Crippen LogP contribution in [0.2, 0.25) is 0 Å². The van der Waals surface area contributed by atoms with Crippen molar-refractivity contribution in [2.45, 2.75) is 30.6 Å². The smallest absolute Gasteiger partial charge is 0.179 e. The van der Waals surface area contributed by atoms with Crippen LogP contribution in [0.4, 0.5) is 0 Å². The van der Waals surface area contributed by atoms with Gasteiger partial charge in [-0.3, -0.25) is 4.99 Å². The highest BCUT2D eigenvalue weighted by Crippen LogP contribution is 2.23. The minimum absolute atomic E-state index is 0.334. The van der Waals surface area contributed by atoms with Crippen molar-refractivity contribution in [3.63, 3.8) is 0 Å². The van der Waals surface area contributed by atoms with Crippen LogP contribution in [0.15, 0.2) is 20.0 Å². The second-order valence-corrected chi connectivity index (χ2v) is 4.30. The minimum Gasteiger partial charge on any atom is -0.394 e. The van der Waals surface area contributed by atoms with E-state index < -0.39 is 37.2 Å². The first kappa shape index (κ1) is 12.4. The highest BCUT2D eigenvalue weighted by molar-refractivity contribution is 6.21. The molecule has 0 aromatic carbocycles. The predicted molar refractivity (Wildman–Crippen MR) is 66.5 cm³/mol. The largest absolute Gasteiger partial charge is 0.394 e. The van der Waals surface area contributed by atoms with Gasteiger partial charge in [-0.25, -0.2) is 15.0 Å². The lowest BCUT2D eigenvalue weighted by Crippen LogP contribution is -2.41. The summed E-state index contributed by atoms with van der Waals surface area (Å²) in [6.45, 7) is -0.390. The number of aliphatic imine (C=N–C) groups is 4. The lowest BCUT2D eigenvalue weighted by Gasteiger charge is -2.17. The van der Waals surface area contributed by atoms with Gasteiger partial charge in [-0.05, 0) is 0 Å². The van der Waals surface area contributed by atoms with E-state index in [4.69, 9.17) is 9.84 Å². The van der Waals surface area contributed by atoms with Crippen molar-refractivity contribution in [1.82, 2.24) is 5.32 Å². The number of rotatable bonds is 2. The third kappa shape index (κ3) is 2.06. The van der Waals surface area contributed by atoms with Crippen molar-refractivity contribution < 1.29 is 20.1 Å². The summed E-state index contributed by atoms with van der Waals surface area (Å²) in [5.41, 5.74) is 0. The van der Waals surface area contributed by atoms with Gasteiger partial charge in [0.05, 0.1) is 12.9 Å². The number of hydrogen-bond acceptors (Lipinski definition) is 8. The Morgan fingerprint density at radius 3 is 2.95 bits per heavy atom. The fourth-order valence-electron chi connectivity index (χ4n) is 2.06. The molecule has 0 amide bonds. The Morgan fingerprint density at radius 2 is 2.21 bits per heavy atom. The van der Waals surface area contributed by atoms with Gasteiger partial charge in [0.25, 0.3) is 0 Å². The fourth-order valence-corrected chi connectivity index (χ4v) is 2.06. The van der Waals surface area contributed by atoms with Crippen LogP contribution in [-0.2, 0) is 4.74 Å². The molecule has 9 heteroatoms. The second kappa shape index (κ2) is 4.78. The van der Waals surface area contributed by atoms with E-state index in [1.807, 2.05) is 0 Å². The Hall–Kier alpha value is -1.68. The molecule has 3 heterocycles. The highest BCUT2D eigenvalue weighted by Gasteiger charge is 2.43. The molecule has 4 N–H and O–H groups in total. The zero-order valence-electron chi connectivity index (χ0n) is 9.79. The summed E-state index contributed by atoms with van der Waals surface area (Å²) >= 11 is 0. The molecule has 0 spiro atoms. The third-order valence-corrected chi connectivity index (χ3v) is 3.10. The van der Waals surface area contributed by atoms with Crippen LogP contribution >= 0.6 is 0 Å². The van der Waals surface area contributed by atoms with Gasteiger partial charge in [-0.1, -0.05) is 0 Å². The molecular weight excluding hydrogens is 254 g/mol. The number of ether oxygens (including phenoxy) is 1. The zero-order chi connectivity index (χ0) is 13.4. The Bertz CT molecular complexity index is 488. The Kier molecular flexibility index (Phi) is 3.11. The summed E-state index contributed by atoms with van der Waals surface area (Å²) < 4.78 is 5.26. The number of fused-ring (bicyclic) bond motifs is 1. The number of aliphatic hydroxyl groups is 3. The summed E-state index contributed by atoms with van der Waals surface area (Å²) in [4.78, 5) is 16.3. The third-order valence-electron chi connectivity index (χ3n) is 3.10. The number of hydrogen-bond donors (Lipinski definition) is 4. The van der Waals surface area contributed by atoms with Gasteiger partial charge in [-0.2, -0.15) is 0 Å². The van der Waals surface area contributed by atoms with E-state index in [0.29, 0.717) is 11.7 Å². The Balaban J connectivity index is 1.82. The minimum atomic E-state index is -1.21. The van der Waals surface area contributed by atoms with Gasteiger partial charge in [-0.15, -0.1) is 0 Å². The molecule has 3 rings (SSSR count). The second-order valence-electron chi connectivity index (χ2n) is 4.30. The summed E-state index contributed by atoms with van der Waals surface area (Å²) in [7, 11) is 0. The maximum atomic E-state index is 9.80. The molecule has 0 bridgehead atoms. The fraction of sp³-hybridized carbons (Fsp3) is 0.600.